The minimum absolute atomic E-state index is 0.0668. The predicted molar refractivity (Wildman–Crippen MR) is 130 cm³/mol. The normalized spacial score (nSPS) is 18.0. The lowest BCUT2D eigenvalue weighted by Gasteiger charge is -2.33. The van der Waals surface area contributed by atoms with Crippen LogP contribution in [-0.4, -0.2) is 38.9 Å². The molecule has 0 aromatic heterocycles. The van der Waals surface area contributed by atoms with Gasteiger partial charge in [0.2, 0.25) is 12.5 Å². The molecule has 0 spiro atoms. The molecule has 3 heterocycles. The standard InChI is InChI=1S/C27H24N2O3S/c1-28-15-13-18-16-22-26(32-17-31-22)27(30-2)25(18)21(28)10-7-14-29-19-8-3-5-11-23(19)33-24-12-6-4-9-20(24)29/h3-6,8-9,11-12,16,21H,13-15,17H2,1-2H3/t21-/m0/s1. The number of anilines is 2. The Morgan fingerprint density at radius 1 is 1.06 bits per heavy atom. The fourth-order valence-corrected chi connectivity index (χ4v) is 5.88. The van der Waals surface area contributed by atoms with Gasteiger partial charge in [0.15, 0.2) is 11.5 Å². The first-order chi connectivity index (χ1) is 16.2. The van der Waals surface area contributed by atoms with Crippen molar-refractivity contribution in [3.63, 3.8) is 0 Å². The average molecular weight is 457 g/mol. The number of methoxy groups -OCH3 is 1. The lowest BCUT2D eigenvalue weighted by molar-refractivity contribution is 0.171. The van der Waals surface area contributed by atoms with Gasteiger partial charge in [0, 0.05) is 21.9 Å². The Hall–Kier alpha value is -3.27. The number of ether oxygens (including phenoxy) is 3. The molecular formula is C27H24N2O3S. The molecule has 3 aromatic carbocycles. The van der Waals surface area contributed by atoms with E-state index in [0.717, 1.165) is 30.0 Å². The van der Waals surface area contributed by atoms with Gasteiger partial charge in [-0.15, -0.1) is 0 Å². The Kier molecular flexibility index (Phi) is 5.09. The lowest BCUT2D eigenvalue weighted by atomic mass is 9.91. The smallest absolute Gasteiger partial charge is 0.231 e. The molecule has 0 fully saturated rings. The summed E-state index contributed by atoms with van der Waals surface area (Å²) in [4.78, 5) is 7.11. The number of benzene rings is 3. The predicted octanol–water partition coefficient (Wildman–Crippen LogP) is 5.26. The van der Waals surface area contributed by atoms with Gasteiger partial charge in [0.05, 0.1) is 25.0 Å². The SMILES string of the molecule is COc1c2c(cc3c1[C@H](C#CCN1c4ccccc4Sc4ccccc41)N(C)CC3)OCO2. The summed E-state index contributed by atoms with van der Waals surface area (Å²) in [6, 6.07) is 19.1. The lowest BCUT2D eigenvalue weighted by Crippen LogP contribution is -2.32. The van der Waals surface area contributed by atoms with Gasteiger partial charge in [-0.2, -0.15) is 0 Å². The first-order valence-corrected chi connectivity index (χ1v) is 11.9. The van der Waals surface area contributed by atoms with Crippen LogP contribution in [0, 0.1) is 11.8 Å². The van der Waals surface area contributed by atoms with E-state index >= 15 is 0 Å². The third-order valence-corrected chi connectivity index (χ3v) is 7.53. The Morgan fingerprint density at radius 3 is 2.52 bits per heavy atom. The molecule has 3 aromatic rings. The molecule has 0 aliphatic carbocycles. The number of likely N-dealkylation sites (N-methyl/N-ethyl adjacent to an activating group) is 1. The number of fused-ring (bicyclic) bond motifs is 4. The van der Waals surface area contributed by atoms with Crippen LogP contribution in [0.15, 0.2) is 64.4 Å². The molecule has 6 heteroatoms. The van der Waals surface area contributed by atoms with Crippen molar-refractivity contribution in [3.05, 3.63) is 65.7 Å². The van der Waals surface area contributed by atoms with Gasteiger partial charge >= 0.3 is 0 Å². The highest BCUT2D eigenvalue weighted by Gasteiger charge is 2.33. The highest BCUT2D eigenvalue weighted by atomic mass is 32.2. The molecule has 0 N–H and O–H groups in total. The topological polar surface area (TPSA) is 34.2 Å². The number of rotatable bonds is 2. The van der Waals surface area contributed by atoms with E-state index in [0.29, 0.717) is 12.3 Å². The molecule has 5 nitrogen and oxygen atoms in total. The van der Waals surface area contributed by atoms with Crippen molar-refractivity contribution in [2.45, 2.75) is 22.3 Å². The van der Waals surface area contributed by atoms with E-state index < -0.39 is 0 Å². The molecule has 3 aliphatic heterocycles. The Bertz CT molecular complexity index is 1250. The molecule has 0 saturated carbocycles. The molecule has 166 valence electrons. The van der Waals surface area contributed by atoms with Crippen molar-refractivity contribution < 1.29 is 14.2 Å². The van der Waals surface area contributed by atoms with Crippen molar-refractivity contribution in [2.75, 3.05) is 38.9 Å². The molecule has 6 rings (SSSR count). The van der Waals surface area contributed by atoms with Crippen LogP contribution in [0.1, 0.15) is 17.2 Å². The third-order valence-electron chi connectivity index (χ3n) is 6.40. The summed E-state index contributed by atoms with van der Waals surface area (Å²) in [5.41, 5.74) is 4.72. The zero-order valence-electron chi connectivity index (χ0n) is 18.6. The van der Waals surface area contributed by atoms with Crippen molar-refractivity contribution in [1.29, 1.82) is 0 Å². The van der Waals surface area contributed by atoms with Crippen LogP contribution in [0.25, 0.3) is 0 Å². The summed E-state index contributed by atoms with van der Waals surface area (Å²) in [5.74, 6) is 9.25. The zero-order chi connectivity index (χ0) is 22.4. The minimum Gasteiger partial charge on any atom is -0.492 e. The van der Waals surface area contributed by atoms with Crippen molar-refractivity contribution >= 4 is 23.1 Å². The van der Waals surface area contributed by atoms with Gasteiger partial charge in [0.1, 0.15) is 6.04 Å². The second kappa shape index (κ2) is 8.26. The molecule has 0 saturated heterocycles. The molecule has 0 amide bonds. The van der Waals surface area contributed by atoms with E-state index in [1.165, 1.54) is 26.7 Å². The monoisotopic (exact) mass is 456 g/mol. The largest absolute Gasteiger partial charge is 0.492 e. The van der Waals surface area contributed by atoms with E-state index in [9.17, 15) is 0 Å². The average Bonchev–Trinajstić information content (AvgIpc) is 3.32. The van der Waals surface area contributed by atoms with E-state index in [2.05, 4.69) is 83.3 Å². The maximum absolute atomic E-state index is 5.81. The van der Waals surface area contributed by atoms with Gasteiger partial charge < -0.3 is 19.1 Å². The second-order valence-electron chi connectivity index (χ2n) is 8.29. The summed E-state index contributed by atoms with van der Waals surface area (Å²) >= 11 is 1.81. The number of para-hydroxylation sites is 2. The Balaban J connectivity index is 1.37. The number of hydrogen-bond donors (Lipinski definition) is 0. The first-order valence-electron chi connectivity index (χ1n) is 11.1. The molecule has 3 aliphatic rings. The third kappa shape index (κ3) is 3.40. The van der Waals surface area contributed by atoms with Gasteiger partial charge in [-0.25, -0.2) is 0 Å². The van der Waals surface area contributed by atoms with Crippen molar-refractivity contribution in [3.8, 4) is 29.1 Å². The minimum atomic E-state index is -0.0668. The van der Waals surface area contributed by atoms with Crippen molar-refractivity contribution in [2.24, 2.45) is 0 Å². The van der Waals surface area contributed by atoms with Crippen LogP contribution < -0.4 is 19.1 Å². The van der Waals surface area contributed by atoms with Gasteiger partial charge in [-0.1, -0.05) is 47.9 Å². The molecular weight excluding hydrogens is 432 g/mol. The highest BCUT2D eigenvalue weighted by Crippen LogP contribution is 2.50. The van der Waals surface area contributed by atoms with Crippen LogP contribution in [0.5, 0.6) is 17.2 Å². The van der Waals surface area contributed by atoms with E-state index in [4.69, 9.17) is 14.2 Å². The Labute approximate surface area is 198 Å². The summed E-state index contributed by atoms with van der Waals surface area (Å²) < 4.78 is 17.2. The van der Waals surface area contributed by atoms with Crippen LogP contribution in [-0.2, 0) is 6.42 Å². The number of hydrogen-bond acceptors (Lipinski definition) is 6. The summed E-state index contributed by atoms with van der Waals surface area (Å²) in [5, 5.41) is 0. The molecule has 0 radical (unpaired) electrons. The quantitative estimate of drug-likeness (QED) is 0.490. The van der Waals surface area contributed by atoms with E-state index in [-0.39, 0.29) is 12.8 Å². The fourth-order valence-electron chi connectivity index (χ4n) is 4.79. The summed E-state index contributed by atoms with van der Waals surface area (Å²) in [7, 11) is 3.81. The summed E-state index contributed by atoms with van der Waals surface area (Å²) in [6.45, 7) is 1.77. The molecule has 33 heavy (non-hydrogen) atoms. The highest BCUT2D eigenvalue weighted by molar-refractivity contribution is 7.99. The molecule has 0 unspecified atom stereocenters. The van der Waals surface area contributed by atoms with Crippen molar-refractivity contribution in [1.82, 2.24) is 4.90 Å². The van der Waals surface area contributed by atoms with Gasteiger partial charge in [0.25, 0.3) is 0 Å². The van der Waals surface area contributed by atoms with E-state index in [1.807, 2.05) is 11.8 Å². The second-order valence-corrected chi connectivity index (χ2v) is 9.38. The summed E-state index contributed by atoms with van der Waals surface area (Å²) in [6.07, 6.45) is 0.932. The van der Waals surface area contributed by atoms with Crippen LogP contribution in [0.2, 0.25) is 0 Å². The van der Waals surface area contributed by atoms with Crippen LogP contribution in [0.3, 0.4) is 0 Å². The maximum atomic E-state index is 5.81. The van der Waals surface area contributed by atoms with Gasteiger partial charge in [-0.3, -0.25) is 4.90 Å². The van der Waals surface area contributed by atoms with Crippen LogP contribution >= 0.6 is 11.8 Å². The fraction of sp³-hybridized carbons (Fsp3) is 0.259. The maximum Gasteiger partial charge on any atom is 0.231 e. The molecule has 0 bridgehead atoms. The van der Waals surface area contributed by atoms with E-state index in [1.54, 1.807) is 7.11 Å². The Morgan fingerprint density at radius 2 is 1.79 bits per heavy atom. The van der Waals surface area contributed by atoms with Gasteiger partial charge in [-0.05, 0) is 49.4 Å². The first kappa shape index (κ1) is 20.3. The number of nitrogens with zero attached hydrogens (tertiary/aromatic N) is 2. The molecule has 1 atom stereocenters. The zero-order valence-corrected chi connectivity index (χ0v) is 19.4. The van der Waals surface area contributed by atoms with Crippen LogP contribution in [0.4, 0.5) is 11.4 Å².